The third-order valence-corrected chi connectivity index (χ3v) is 2.87. The molecule has 0 bridgehead atoms. The lowest BCUT2D eigenvalue weighted by Crippen LogP contribution is -2.04. The molecule has 17 heavy (non-hydrogen) atoms. The Morgan fingerprint density at radius 1 is 1.24 bits per heavy atom. The van der Waals surface area contributed by atoms with Crippen molar-refractivity contribution < 1.29 is 0 Å². The molecule has 3 nitrogen and oxygen atoms in total. The quantitative estimate of drug-likeness (QED) is 0.879. The molecule has 2 aromatic rings. The summed E-state index contributed by atoms with van der Waals surface area (Å²) in [5, 5.41) is 4.55. The number of anilines is 1. The average molecular weight is 229 g/mol. The van der Waals surface area contributed by atoms with E-state index in [9.17, 15) is 0 Å². The van der Waals surface area contributed by atoms with Gasteiger partial charge in [-0.2, -0.15) is 5.10 Å². The summed E-state index contributed by atoms with van der Waals surface area (Å²) in [5.74, 6) is 0.709. The highest BCUT2D eigenvalue weighted by Crippen LogP contribution is 2.19. The van der Waals surface area contributed by atoms with Gasteiger partial charge in [0.2, 0.25) is 0 Å². The van der Waals surface area contributed by atoms with E-state index in [0.29, 0.717) is 5.82 Å². The van der Waals surface area contributed by atoms with Crippen molar-refractivity contribution in [2.45, 2.75) is 33.6 Å². The summed E-state index contributed by atoms with van der Waals surface area (Å²) in [6, 6.07) is 8.27. The average Bonchev–Trinajstić information content (AvgIpc) is 2.60. The second-order valence-corrected chi connectivity index (χ2v) is 4.51. The Kier molecular flexibility index (Phi) is 3.18. The molecule has 0 unspecified atom stereocenters. The highest BCUT2D eigenvalue weighted by atomic mass is 15.3. The van der Waals surface area contributed by atoms with Gasteiger partial charge in [0, 0.05) is 6.07 Å². The second kappa shape index (κ2) is 4.62. The third kappa shape index (κ3) is 2.33. The lowest BCUT2D eigenvalue weighted by Gasteiger charge is -2.08. The van der Waals surface area contributed by atoms with E-state index in [4.69, 9.17) is 5.73 Å². The fourth-order valence-corrected chi connectivity index (χ4v) is 2.06. The first-order valence-electron chi connectivity index (χ1n) is 6.04. The van der Waals surface area contributed by atoms with Crippen LogP contribution in [0, 0.1) is 13.8 Å². The van der Waals surface area contributed by atoms with Crippen molar-refractivity contribution >= 4 is 5.82 Å². The molecule has 3 heteroatoms. The van der Waals surface area contributed by atoms with Crippen molar-refractivity contribution in [1.29, 1.82) is 0 Å². The van der Waals surface area contributed by atoms with Crippen LogP contribution in [0.3, 0.4) is 0 Å². The minimum absolute atomic E-state index is 0.709. The SMILES string of the molecule is CCCc1cc(N)n(-c2ccc(C)cc2C)n1. The van der Waals surface area contributed by atoms with Crippen LogP contribution in [0.25, 0.3) is 5.69 Å². The van der Waals surface area contributed by atoms with E-state index in [1.54, 1.807) is 0 Å². The molecule has 0 radical (unpaired) electrons. The van der Waals surface area contributed by atoms with E-state index in [-0.39, 0.29) is 0 Å². The number of benzene rings is 1. The molecule has 0 saturated carbocycles. The molecule has 0 aliphatic carbocycles. The molecule has 1 heterocycles. The topological polar surface area (TPSA) is 43.8 Å². The number of nitrogens with zero attached hydrogens (tertiary/aromatic N) is 2. The number of nitrogens with two attached hydrogens (primary N) is 1. The van der Waals surface area contributed by atoms with Gasteiger partial charge in [0.05, 0.1) is 11.4 Å². The van der Waals surface area contributed by atoms with Gasteiger partial charge in [0.25, 0.3) is 0 Å². The molecule has 90 valence electrons. The highest BCUT2D eigenvalue weighted by molar-refractivity contribution is 5.48. The normalized spacial score (nSPS) is 10.8. The smallest absolute Gasteiger partial charge is 0.127 e. The van der Waals surface area contributed by atoms with Crippen LogP contribution >= 0.6 is 0 Å². The van der Waals surface area contributed by atoms with Gasteiger partial charge in [-0.05, 0) is 31.9 Å². The van der Waals surface area contributed by atoms with Crippen molar-refractivity contribution in [2.75, 3.05) is 5.73 Å². The van der Waals surface area contributed by atoms with Gasteiger partial charge in [0.15, 0.2) is 0 Å². The Labute approximate surface area is 102 Å². The molecule has 1 aromatic carbocycles. The van der Waals surface area contributed by atoms with Gasteiger partial charge in [-0.25, -0.2) is 4.68 Å². The van der Waals surface area contributed by atoms with Crippen molar-refractivity contribution in [2.24, 2.45) is 0 Å². The fourth-order valence-electron chi connectivity index (χ4n) is 2.06. The van der Waals surface area contributed by atoms with Crippen LogP contribution in [-0.4, -0.2) is 9.78 Å². The molecule has 0 spiro atoms. The van der Waals surface area contributed by atoms with E-state index >= 15 is 0 Å². The minimum Gasteiger partial charge on any atom is -0.384 e. The lowest BCUT2D eigenvalue weighted by molar-refractivity contribution is 0.808. The lowest BCUT2D eigenvalue weighted by atomic mass is 10.1. The van der Waals surface area contributed by atoms with Crippen LogP contribution in [0.5, 0.6) is 0 Å². The summed E-state index contributed by atoms with van der Waals surface area (Å²) in [6.45, 7) is 6.32. The molecule has 0 aliphatic rings. The Bertz CT molecular complexity index is 526. The van der Waals surface area contributed by atoms with Gasteiger partial charge in [0.1, 0.15) is 5.82 Å². The molecule has 0 amide bonds. The number of aryl methyl sites for hydroxylation is 3. The van der Waals surface area contributed by atoms with Crippen LogP contribution < -0.4 is 5.73 Å². The number of nitrogen functional groups attached to an aromatic ring is 1. The maximum absolute atomic E-state index is 6.01. The molecule has 2 N–H and O–H groups in total. The van der Waals surface area contributed by atoms with Gasteiger partial charge in [-0.3, -0.25) is 0 Å². The minimum atomic E-state index is 0.709. The molecule has 2 rings (SSSR count). The monoisotopic (exact) mass is 229 g/mol. The third-order valence-electron chi connectivity index (χ3n) is 2.87. The fraction of sp³-hybridized carbons (Fsp3) is 0.357. The molecule has 0 aliphatic heterocycles. The molecule has 0 atom stereocenters. The zero-order chi connectivity index (χ0) is 12.4. The van der Waals surface area contributed by atoms with Crippen molar-refractivity contribution in [1.82, 2.24) is 9.78 Å². The Hall–Kier alpha value is -1.77. The van der Waals surface area contributed by atoms with Crippen molar-refractivity contribution in [3.63, 3.8) is 0 Å². The number of hydrogen-bond acceptors (Lipinski definition) is 2. The van der Waals surface area contributed by atoms with Crippen molar-refractivity contribution in [3.05, 3.63) is 41.1 Å². The first-order valence-corrected chi connectivity index (χ1v) is 6.04. The van der Waals surface area contributed by atoms with Crippen LogP contribution in [0.2, 0.25) is 0 Å². The second-order valence-electron chi connectivity index (χ2n) is 4.51. The molecular weight excluding hydrogens is 210 g/mol. The first-order chi connectivity index (χ1) is 8.11. The van der Waals surface area contributed by atoms with E-state index < -0.39 is 0 Å². The van der Waals surface area contributed by atoms with Crippen LogP contribution in [0.15, 0.2) is 24.3 Å². The molecule has 1 aromatic heterocycles. The standard InChI is InChI=1S/C14H19N3/c1-4-5-12-9-14(15)17(16-12)13-7-6-10(2)8-11(13)3/h6-9H,4-5,15H2,1-3H3. The van der Waals surface area contributed by atoms with Gasteiger partial charge >= 0.3 is 0 Å². The first kappa shape index (κ1) is 11.7. The summed E-state index contributed by atoms with van der Waals surface area (Å²) < 4.78 is 1.83. The zero-order valence-electron chi connectivity index (χ0n) is 10.7. The molecule has 0 saturated heterocycles. The molecular formula is C14H19N3. The van der Waals surface area contributed by atoms with Crippen LogP contribution in [0.1, 0.15) is 30.2 Å². The van der Waals surface area contributed by atoms with E-state index in [1.807, 2.05) is 10.7 Å². The summed E-state index contributed by atoms with van der Waals surface area (Å²) >= 11 is 0. The summed E-state index contributed by atoms with van der Waals surface area (Å²) in [5.41, 5.74) is 10.6. The van der Waals surface area contributed by atoms with Crippen molar-refractivity contribution in [3.8, 4) is 5.69 Å². The Morgan fingerprint density at radius 3 is 2.65 bits per heavy atom. The van der Waals surface area contributed by atoms with E-state index in [0.717, 1.165) is 24.2 Å². The van der Waals surface area contributed by atoms with Gasteiger partial charge < -0.3 is 5.73 Å². The Balaban J connectivity index is 2.45. The van der Waals surface area contributed by atoms with Crippen LogP contribution in [0.4, 0.5) is 5.82 Å². The highest BCUT2D eigenvalue weighted by Gasteiger charge is 2.08. The zero-order valence-corrected chi connectivity index (χ0v) is 10.7. The summed E-state index contributed by atoms with van der Waals surface area (Å²) in [4.78, 5) is 0. The number of hydrogen-bond donors (Lipinski definition) is 1. The predicted molar refractivity (Wildman–Crippen MR) is 71.4 cm³/mol. The van der Waals surface area contributed by atoms with Crippen LogP contribution in [-0.2, 0) is 6.42 Å². The largest absolute Gasteiger partial charge is 0.384 e. The maximum Gasteiger partial charge on any atom is 0.127 e. The van der Waals surface area contributed by atoms with Gasteiger partial charge in [-0.15, -0.1) is 0 Å². The maximum atomic E-state index is 6.01. The van der Waals surface area contributed by atoms with Gasteiger partial charge in [-0.1, -0.05) is 31.0 Å². The number of aromatic nitrogens is 2. The predicted octanol–water partition coefficient (Wildman–Crippen LogP) is 3.02. The summed E-state index contributed by atoms with van der Waals surface area (Å²) in [7, 11) is 0. The van der Waals surface area contributed by atoms with E-state index in [2.05, 4.69) is 44.1 Å². The Morgan fingerprint density at radius 2 is 2.00 bits per heavy atom. The summed E-state index contributed by atoms with van der Waals surface area (Å²) in [6.07, 6.45) is 2.06. The number of rotatable bonds is 3. The van der Waals surface area contributed by atoms with E-state index in [1.165, 1.54) is 11.1 Å². The molecule has 0 fully saturated rings.